The highest BCUT2D eigenvalue weighted by molar-refractivity contribution is 6.04. The van der Waals surface area contributed by atoms with Crippen LogP contribution in [0.4, 0.5) is 20.3 Å². The van der Waals surface area contributed by atoms with Gasteiger partial charge in [-0.2, -0.15) is 14.0 Å². The van der Waals surface area contributed by atoms with Crippen molar-refractivity contribution in [3.8, 4) is 11.8 Å². The van der Waals surface area contributed by atoms with Crippen LogP contribution in [-0.4, -0.2) is 40.6 Å². The Kier molecular flexibility index (Phi) is 6.40. The van der Waals surface area contributed by atoms with Gasteiger partial charge in [-0.1, -0.05) is 6.07 Å². The van der Waals surface area contributed by atoms with Crippen LogP contribution >= 0.6 is 0 Å². The molecule has 1 saturated heterocycles. The Balaban J connectivity index is 1.50. The first-order valence-corrected chi connectivity index (χ1v) is 10.2. The molecule has 1 aliphatic heterocycles. The number of nitrogens with one attached hydrogen (secondary N) is 1. The van der Waals surface area contributed by atoms with Gasteiger partial charge in [-0.05, 0) is 42.7 Å². The second kappa shape index (κ2) is 9.56. The fraction of sp³-hybridized carbons (Fsp3) is 0.261. The maximum absolute atomic E-state index is 12.8. The first-order chi connectivity index (χ1) is 15.9. The van der Waals surface area contributed by atoms with E-state index in [-0.39, 0.29) is 17.5 Å². The lowest BCUT2D eigenvalue weighted by molar-refractivity contribution is -0.0498. The molecule has 3 heterocycles. The predicted octanol–water partition coefficient (Wildman–Crippen LogP) is 3.90. The molecule has 0 aliphatic carbocycles. The van der Waals surface area contributed by atoms with Gasteiger partial charge in [-0.25, -0.2) is 15.0 Å². The lowest BCUT2D eigenvalue weighted by Gasteiger charge is -2.20. The summed E-state index contributed by atoms with van der Waals surface area (Å²) >= 11 is 0. The van der Waals surface area contributed by atoms with E-state index in [0.29, 0.717) is 23.5 Å². The van der Waals surface area contributed by atoms with E-state index in [0.717, 1.165) is 24.1 Å². The van der Waals surface area contributed by atoms with Gasteiger partial charge in [0, 0.05) is 36.8 Å². The van der Waals surface area contributed by atoms with Crippen LogP contribution in [-0.2, 0) is 0 Å². The fourth-order valence-electron chi connectivity index (χ4n) is 3.94. The molecule has 0 spiro atoms. The van der Waals surface area contributed by atoms with E-state index in [4.69, 9.17) is 0 Å². The van der Waals surface area contributed by atoms with Crippen LogP contribution in [0, 0.1) is 18.3 Å². The van der Waals surface area contributed by atoms with Crippen molar-refractivity contribution >= 4 is 17.4 Å². The SMILES string of the molecule is Cc1ccc(C(=O)Nc2cc(OC(F)F)ccn2)cc1[C@@H]1CCN(c2cncnc2C#N)C1. The number of alkyl halides is 2. The van der Waals surface area contributed by atoms with Crippen LogP contribution in [0.3, 0.4) is 0 Å². The number of ether oxygens (including phenoxy) is 1. The molecule has 1 fully saturated rings. The number of aryl methyl sites for hydroxylation is 1. The molecule has 1 aromatic carbocycles. The molecule has 0 unspecified atom stereocenters. The number of nitriles is 1. The summed E-state index contributed by atoms with van der Waals surface area (Å²) in [6, 6.07) is 10.0. The lowest BCUT2D eigenvalue weighted by Crippen LogP contribution is -2.21. The first-order valence-electron chi connectivity index (χ1n) is 10.2. The molecule has 0 bridgehead atoms. The number of benzene rings is 1. The summed E-state index contributed by atoms with van der Waals surface area (Å²) < 4.78 is 29.2. The summed E-state index contributed by atoms with van der Waals surface area (Å²) in [7, 11) is 0. The monoisotopic (exact) mass is 450 g/mol. The zero-order chi connectivity index (χ0) is 23.4. The van der Waals surface area contributed by atoms with Crippen LogP contribution in [0.2, 0.25) is 0 Å². The third-order valence-electron chi connectivity index (χ3n) is 5.51. The Morgan fingerprint density at radius 1 is 1.30 bits per heavy atom. The number of amides is 1. The number of anilines is 2. The molecule has 168 valence electrons. The Bertz CT molecular complexity index is 1210. The molecule has 2 aromatic heterocycles. The van der Waals surface area contributed by atoms with Gasteiger partial charge < -0.3 is 15.0 Å². The van der Waals surface area contributed by atoms with Crippen LogP contribution in [0.25, 0.3) is 0 Å². The number of hydrogen-bond donors (Lipinski definition) is 1. The largest absolute Gasteiger partial charge is 0.435 e. The Morgan fingerprint density at radius 2 is 2.15 bits per heavy atom. The number of hydrogen-bond acceptors (Lipinski definition) is 7. The van der Waals surface area contributed by atoms with Crippen LogP contribution in [0.15, 0.2) is 49.1 Å². The highest BCUT2D eigenvalue weighted by Gasteiger charge is 2.27. The zero-order valence-electron chi connectivity index (χ0n) is 17.7. The van der Waals surface area contributed by atoms with Gasteiger partial charge in [0.15, 0.2) is 5.69 Å². The minimum absolute atomic E-state index is 0.0902. The van der Waals surface area contributed by atoms with Crippen molar-refractivity contribution in [2.24, 2.45) is 0 Å². The maximum atomic E-state index is 12.8. The number of halogens is 2. The van der Waals surface area contributed by atoms with Crippen molar-refractivity contribution in [3.63, 3.8) is 0 Å². The van der Waals surface area contributed by atoms with Gasteiger partial charge in [0.05, 0.1) is 11.9 Å². The van der Waals surface area contributed by atoms with E-state index >= 15 is 0 Å². The van der Waals surface area contributed by atoms with Gasteiger partial charge in [-0.15, -0.1) is 0 Å². The lowest BCUT2D eigenvalue weighted by atomic mass is 9.92. The Labute approximate surface area is 188 Å². The molecule has 1 N–H and O–H groups in total. The second-order valence-electron chi connectivity index (χ2n) is 7.58. The molecule has 1 atom stereocenters. The van der Waals surface area contributed by atoms with E-state index in [1.54, 1.807) is 12.3 Å². The van der Waals surface area contributed by atoms with Crippen molar-refractivity contribution in [2.75, 3.05) is 23.3 Å². The third-order valence-corrected chi connectivity index (χ3v) is 5.51. The smallest absolute Gasteiger partial charge is 0.387 e. The van der Waals surface area contributed by atoms with Crippen molar-refractivity contribution in [1.82, 2.24) is 15.0 Å². The summed E-state index contributed by atoms with van der Waals surface area (Å²) in [5.74, 6) is -0.227. The topological polar surface area (TPSA) is 104 Å². The van der Waals surface area contributed by atoms with Crippen LogP contribution < -0.4 is 15.0 Å². The molecule has 1 aliphatic rings. The number of aromatic nitrogens is 3. The van der Waals surface area contributed by atoms with Crippen LogP contribution in [0.1, 0.15) is 39.5 Å². The molecule has 3 aromatic rings. The molecule has 4 rings (SSSR count). The number of rotatable bonds is 6. The third kappa shape index (κ3) is 5.03. The van der Waals surface area contributed by atoms with Gasteiger partial charge in [0.2, 0.25) is 0 Å². The fourth-order valence-corrected chi connectivity index (χ4v) is 3.94. The molecule has 0 radical (unpaired) electrons. The highest BCUT2D eigenvalue weighted by atomic mass is 19.3. The van der Waals surface area contributed by atoms with Crippen LogP contribution in [0.5, 0.6) is 5.75 Å². The second-order valence-corrected chi connectivity index (χ2v) is 7.58. The zero-order valence-corrected chi connectivity index (χ0v) is 17.7. The molecule has 0 saturated carbocycles. The molecular weight excluding hydrogens is 430 g/mol. The Morgan fingerprint density at radius 3 is 2.94 bits per heavy atom. The standard InChI is InChI=1S/C23H20F2N6O2/c1-14-2-3-15(22(32)30-21-9-17(4-6-28-21)33-23(24)25)8-18(14)16-5-7-31(12-16)20-11-27-13-29-19(20)10-26/h2-4,6,8-9,11,13,16,23H,5,7,12H2,1H3,(H,28,30,32)/t16-/m1/s1. The quantitative estimate of drug-likeness (QED) is 0.607. The Hall–Kier alpha value is -4.13. The van der Waals surface area contributed by atoms with E-state index < -0.39 is 12.5 Å². The van der Waals surface area contributed by atoms with E-state index in [9.17, 15) is 18.8 Å². The molecular formula is C23H20F2N6O2. The highest BCUT2D eigenvalue weighted by Crippen LogP contribution is 2.33. The van der Waals surface area contributed by atoms with Crippen molar-refractivity contribution in [3.05, 3.63) is 71.4 Å². The average Bonchev–Trinajstić information content (AvgIpc) is 3.29. The van der Waals surface area contributed by atoms with Crippen molar-refractivity contribution in [2.45, 2.75) is 25.9 Å². The summed E-state index contributed by atoms with van der Waals surface area (Å²) in [4.78, 5) is 26.9. The van der Waals surface area contributed by atoms with Crippen molar-refractivity contribution < 1.29 is 18.3 Å². The maximum Gasteiger partial charge on any atom is 0.387 e. The van der Waals surface area contributed by atoms with E-state index in [1.807, 2.05) is 19.1 Å². The first kappa shape index (κ1) is 22.1. The van der Waals surface area contributed by atoms with Gasteiger partial charge in [0.25, 0.3) is 5.91 Å². The number of pyridine rings is 1. The molecule has 33 heavy (non-hydrogen) atoms. The predicted molar refractivity (Wildman–Crippen MR) is 116 cm³/mol. The van der Waals surface area contributed by atoms with Gasteiger partial charge >= 0.3 is 6.61 Å². The summed E-state index contributed by atoms with van der Waals surface area (Å²) in [5.41, 5.74) is 3.54. The minimum atomic E-state index is -2.96. The number of nitrogens with zero attached hydrogens (tertiary/aromatic N) is 5. The molecule has 10 heteroatoms. The van der Waals surface area contributed by atoms with Gasteiger partial charge in [0.1, 0.15) is 24.0 Å². The summed E-state index contributed by atoms with van der Waals surface area (Å²) in [6.45, 7) is 0.429. The number of carbonyl (C=O) groups excluding carboxylic acids is 1. The summed E-state index contributed by atoms with van der Waals surface area (Å²) in [6.07, 6.45) is 5.12. The minimum Gasteiger partial charge on any atom is -0.435 e. The van der Waals surface area contributed by atoms with Crippen molar-refractivity contribution in [1.29, 1.82) is 5.26 Å². The normalized spacial score (nSPS) is 15.4. The van der Waals surface area contributed by atoms with Gasteiger partial charge in [-0.3, -0.25) is 4.79 Å². The average molecular weight is 450 g/mol. The van der Waals surface area contributed by atoms with E-state index in [1.165, 1.54) is 24.7 Å². The number of carbonyl (C=O) groups is 1. The molecule has 1 amide bonds. The summed E-state index contributed by atoms with van der Waals surface area (Å²) in [5, 5.41) is 11.9. The molecule has 8 nitrogen and oxygen atoms in total. The van der Waals surface area contributed by atoms with E-state index in [2.05, 4.69) is 36.0 Å².